The third kappa shape index (κ3) is 18.0. The lowest BCUT2D eigenvalue weighted by Gasteiger charge is -2.18. The molecule has 2 heterocycles. The van der Waals surface area contributed by atoms with E-state index in [2.05, 4.69) is 4.98 Å². The standard InChI is InChI=1S/C27H29NO6.C15H27NO6P2.C10H12O4/c1-29-22-14-18(15-23(30-2)26(22)33-5)10-12-20-8-7-9-21(28-20)13-11-19-16-24(31-3)27(34-6)25(17-19)32-4;1-5-19-23(17,20-6-2)12-14-10-9-11-15(16-14)13-24(18,21-7-3)22-8-4;1-12-8-4-7(6-11)5-9(13-2)10(8)14-3/h7-17H,1-6H3;9-11H,5-8,12-13H2,1-4H3;4-6H,1-3H3/b12-10+,13-11+;;. The van der Waals surface area contributed by atoms with Gasteiger partial charge < -0.3 is 60.7 Å². The maximum atomic E-state index is 12.6. The second-order valence-electron chi connectivity index (χ2n) is 14.5. The summed E-state index contributed by atoms with van der Waals surface area (Å²) >= 11 is 0. The minimum absolute atomic E-state index is 0.0656. The van der Waals surface area contributed by atoms with Crippen molar-refractivity contribution in [1.29, 1.82) is 0 Å². The molecule has 0 bridgehead atoms. The van der Waals surface area contributed by atoms with Gasteiger partial charge in [-0.15, -0.1) is 0 Å². The van der Waals surface area contributed by atoms with Gasteiger partial charge in [-0.3, -0.25) is 18.9 Å². The van der Waals surface area contributed by atoms with Gasteiger partial charge in [0.2, 0.25) is 17.2 Å². The molecule has 0 aliphatic carbocycles. The molecule has 392 valence electrons. The fourth-order valence-corrected chi connectivity index (χ4v) is 9.96. The molecule has 20 heteroatoms. The molecular formula is C52H68N2O16P2. The molecular weight excluding hydrogens is 971 g/mol. The molecule has 72 heavy (non-hydrogen) atoms. The lowest BCUT2D eigenvalue weighted by Crippen LogP contribution is -2.04. The zero-order chi connectivity index (χ0) is 53.1. The molecule has 0 spiro atoms. The van der Waals surface area contributed by atoms with E-state index in [1.807, 2.05) is 66.8 Å². The number of nitrogens with zero attached hydrogens (tertiary/aromatic N) is 2. The summed E-state index contributed by atoms with van der Waals surface area (Å²) in [4.78, 5) is 19.7. The number of rotatable bonds is 26. The number of methoxy groups -OCH3 is 9. The van der Waals surface area contributed by atoms with Crippen LogP contribution in [0.2, 0.25) is 0 Å². The zero-order valence-corrected chi connectivity index (χ0v) is 45.2. The molecule has 0 fully saturated rings. The zero-order valence-electron chi connectivity index (χ0n) is 43.4. The van der Waals surface area contributed by atoms with Gasteiger partial charge in [0.1, 0.15) is 6.29 Å². The highest BCUT2D eigenvalue weighted by molar-refractivity contribution is 7.53. The Morgan fingerprint density at radius 3 is 0.958 bits per heavy atom. The van der Waals surface area contributed by atoms with E-state index in [4.69, 9.17) is 65.7 Å². The summed E-state index contributed by atoms with van der Waals surface area (Å²) in [6, 6.07) is 21.8. The highest BCUT2D eigenvalue weighted by atomic mass is 31.2. The van der Waals surface area contributed by atoms with E-state index in [-0.39, 0.29) is 12.3 Å². The molecule has 5 rings (SSSR count). The molecule has 0 amide bonds. The SMILES string of the molecule is CCOP(=O)(Cc1cccc(CP(=O)(OCC)OCC)n1)OCC.COc1cc(/C=C/c2cccc(/C=C/c3cc(OC)c(OC)c(OC)c3)n2)cc(OC)c1OC.COc1cc(C=O)cc(OC)c1OC. The highest BCUT2D eigenvalue weighted by Gasteiger charge is 2.28. The number of pyridine rings is 2. The number of hydrogen-bond donors (Lipinski definition) is 0. The Labute approximate surface area is 423 Å². The van der Waals surface area contributed by atoms with Crippen molar-refractivity contribution in [1.82, 2.24) is 9.97 Å². The average Bonchev–Trinajstić information content (AvgIpc) is 3.39. The van der Waals surface area contributed by atoms with Crippen LogP contribution in [0.3, 0.4) is 0 Å². The van der Waals surface area contributed by atoms with E-state index in [9.17, 15) is 13.9 Å². The molecule has 0 aliphatic heterocycles. The van der Waals surface area contributed by atoms with Crippen molar-refractivity contribution < 1.29 is 74.7 Å². The Kier molecular flexibility index (Phi) is 25.9. The van der Waals surface area contributed by atoms with Crippen LogP contribution in [0.5, 0.6) is 51.7 Å². The summed E-state index contributed by atoms with van der Waals surface area (Å²) < 4.78 is 94.0. The summed E-state index contributed by atoms with van der Waals surface area (Å²) in [6.45, 7) is 8.21. The number of hydrogen-bond acceptors (Lipinski definition) is 18. The molecule has 2 aromatic heterocycles. The van der Waals surface area contributed by atoms with Crippen molar-refractivity contribution in [3.05, 3.63) is 112 Å². The molecule has 0 radical (unpaired) electrons. The first-order chi connectivity index (χ1) is 34.7. The van der Waals surface area contributed by atoms with Crippen molar-refractivity contribution in [2.75, 3.05) is 90.4 Å². The smallest absolute Gasteiger partial charge is 0.336 e. The first-order valence-corrected chi connectivity index (χ1v) is 26.1. The van der Waals surface area contributed by atoms with E-state index in [0.29, 0.717) is 95.1 Å². The van der Waals surface area contributed by atoms with Crippen LogP contribution in [0.4, 0.5) is 0 Å². The van der Waals surface area contributed by atoms with E-state index >= 15 is 0 Å². The van der Waals surface area contributed by atoms with E-state index < -0.39 is 15.2 Å². The molecule has 0 N–H and O–H groups in total. The number of carbonyl (C=O) groups is 1. The number of benzene rings is 3. The molecule has 0 saturated heterocycles. The highest BCUT2D eigenvalue weighted by Crippen LogP contribution is 2.53. The molecule has 0 saturated carbocycles. The van der Waals surface area contributed by atoms with Crippen LogP contribution < -0.4 is 42.6 Å². The summed E-state index contributed by atoms with van der Waals surface area (Å²) in [7, 11) is 7.60. The maximum absolute atomic E-state index is 12.6. The van der Waals surface area contributed by atoms with Gasteiger partial charge in [0, 0.05) is 5.56 Å². The average molecular weight is 1040 g/mol. The van der Waals surface area contributed by atoms with Crippen molar-refractivity contribution in [3.8, 4) is 51.7 Å². The number of aromatic nitrogens is 2. The largest absolute Gasteiger partial charge is 0.493 e. The minimum Gasteiger partial charge on any atom is -0.493 e. The second-order valence-corrected chi connectivity index (χ2v) is 18.6. The third-order valence-electron chi connectivity index (χ3n) is 9.76. The Morgan fingerprint density at radius 1 is 0.403 bits per heavy atom. The normalized spacial score (nSPS) is 11.2. The van der Waals surface area contributed by atoms with Crippen molar-refractivity contribution in [2.24, 2.45) is 0 Å². The van der Waals surface area contributed by atoms with Crippen molar-refractivity contribution >= 4 is 45.8 Å². The second kappa shape index (κ2) is 31.2. The van der Waals surface area contributed by atoms with Crippen molar-refractivity contribution in [2.45, 2.75) is 40.0 Å². The van der Waals surface area contributed by atoms with Gasteiger partial charge in [-0.25, -0.2) is 4.98 Å². The van der Waals surface area contributed by atoms with Gasteiger partial charge in [0.05, 0.1) is 126 Å². The third-order valence-corrected chi connectivity index (χ3v) is 13.8. The fraction of sp³-hybridized carbons (Fsp3) is 0.365. The van der Waals surface area contributed by atoms with E-state index in [1.165, 1.54) is 21.3 Å². The van der Waals surface area contributed by atoms with E-state index in [0.717, 1.165) is 28.8 Å². The molecule has 0 atom stereocenters. The lowest BCUT2D eigenvalue weighted by atomic mass is 10.1. The molecule has 5 aromatic rings. The Hall–Kier alpha value is -6.39. The van der Waals surface area contributed by atoms with Crippen LogP contribution in [0, 0.1) is 0 Å². The Balaban J connectivity index is 0.000000312. The lowest BCUT2D eigenvalue weighted by molar-refractivity contribution is 0.112. The van der Waals surface area contributed by atoms with Crippen LogP contribution in [-0.2, 0) is 39.5 Å². The summed E-state index contributed by atoms with van der Waals surface area (Å²) in [5.41, 5.74) is 5.00. The Morgan fingerprint density at radius 2 is 0.694 bits per heavy atom. The number of aldehydes is 1. The predicted molar refractivity (Wildman–Crippen MR) is 279 cm³/mol. The van der Waals surface area contributed by atoms with Crippen molar-refractivity contribution in [3.63, 3.8) is 0 Å². The maximum Gasteiger partial charge on any atom is 0.336 e. The summed E-state index contributed by atoms with van der Waals surface area (Å²) in [5, 5.41) is 0. The monoisotopic (exact) mass is 1040 g/mol. The molecule has 3 aromatic carbocycles. The number of carbonyl (C=O) groups excluding carboxylic acids is 1. The van der Waals surface area contributed by atoms with Crippen LogP contribution in [0.1, 0.15) is 72.0 Å². The predicted octanol–water partition coefficient (Wildman–Crippen LogP) is 11.6. The van der Waals surface area contributed by atoms with Gasteiger partial charge in [-0.05, 0) is 112 Å². The van der Waals surface area contributed by atoms with Crippen LogP contribution in [0.15, 0.2) is 72.8 Å². The van der Waals surface area contributed by atoms with Gasteiger partial charge in [0.25, 0.3) is 0 Å². The van der Waals surface area contributed by atoms with Gasteiger partial charge in [0.15, 0.2) is 34.5 Å². The fourth-order valence-electron chi connectivity index (χ4n) is 6.73. The molecule has 18 nitrogen and oxygen atoms in total. The number of ether oxygens (including phenoxy) is 9. The molecule has 0 unspecified atom stereocenters. The Bertz CT molecular complexity index is 2410. The topological polar surface area (TPSA) is 197 Å². The first-order valence-electron chi connectivity index (χ1n) is 22.6. The summed E-state index contributed by atoms with van der Waals surface area (Å²) in [5.74, 6) is 4.93. The summed E-state index contributed by atoms with van der Waals surface area (Å²) in [6.07, 6.45) is 8.60. The molecule has 0 aliphatic rings. The van der Waals surface area contributed by atoms with Gasteiger partial charge >= 0.3 is 15.2 Å². The van der Waals surface area contributed by atoms with Gasteiger partial charge in [-0.2, -0.15) is 0 Å². The minimum atomic E-state index is -3.23. The first kappa shape index (κ1) is 59.9. The van der Waals surface area contributed by atoms with Crippen LogP contribution >= 0.6 is 15.2 Å². The quantitative estimate of drug-likeness (QED) is 0.0374. The van der Waals surface area contributed by atoms with E-state index in [1.54, 1.807) is 101 Å². The van der Waals surface area contributed by atoms with Gasteiger partial charge in [-0.1, -0.05) is 24.3 Å². The van der Waals surface area contributed by atoms with Crippen LogP contribution in [0.25, 0.3) is 24.3 Å². The van der Waals surface area contributed by atoms with Crippen LogP contribution in [-0.4, -0.2) is 107 Å².